The van der Waals surface area contributed by atoms with E-state index in [0.29, 0.717) is 28.5 Å². The lowest BCUT2D eigenvalue weighted by Gasteiger charge is -2.07. The fraction of sp³-hybridized carbons (Fsp3) is 0.0435. The van der Waals surface area contributed by atoms with Crippen LogP contribution in [-0.2, 0) is 4.79 Å². The standard InChI is InChI=1S/C23H18N6O2/c1-16(30)24-21-15-29-22(27-21)14-13-20(28-29)12-9-17-7-10-19(11-8-17)26-23(31)25-18-5-3-2-4-6-18/h2-8,10-11,13-15H,1H3,(H,24,30)(H2,25,26,31). The highest BCUT2D eigenvalue weighted by atomic mass is 16.2. The van der Waals surface area contributed by atoms with Crippen molar-refractivity contribution in [2.45, 2.75) is 6.92 Å². The number of anilines is 3. The van der Waals surface area contributed by atoms with Crippen LogP contribution in [0.2, 0.25) is 0 Å². The zero-order valence-electron chi connectivity index (χ0n) is 16.6. The summed E-state index contributed by atoms with van der Waals surface area (Å²) in [6, 6.07) is 19.6. The van der Waals surface area contributed by atoms with Gasteiger partial charge in [-0.3, -0.25) is 4.79 Å². The molecule has 3 amide bonds. The molecule has 0 atom stereocenters. The number of nitrogens with one attached hydrogen (secondary N) is 3. The number of amides is 3. The van der Waals surface area contributed by atoms with Crippen molar-refractivity contribution in [1.29, 1.82) is 0 Å². The summed E-state index contributed by atoms with van der Waals surface area (Å²) in [6.45, 7) is 1.42. The van der Waals surface area contributed by atoms with Crippen molar-refractivity contribution in [3.05, 3.63) is 84.2 Å². The number of para-hydroxylation sites is 1. The molecule has 0 saturated carbocycles. The first-order valence-electron chi connectivity index (χ1n) is 9.44. The van der Waals surface area contributed by atoms with Crippen LogP contribution in [-0.4, -0.2) is 26.5 Å². The summed E-state index contributed by atoms with van der Waals surface area (Å²) in [5, 5.41) is 12.5. The minimum Gasteiger partial charge on any atom is -0.310 e. The predicted molar refractivity (Wildman–Crippen MR) is 119 cm³/mol. The van der Waals surface area contributed by atoms with Crippen LogP contribution < -0.4 is 16.0 Å². The average Bonchev–Trinajstić information content (AvgIpc) is 3.14. The van der Waals surface area contributed by atoms with Crippen LogP contribution in [0.15, 0.2) is 72.9 Å². The molecule has 0 aliphatic carbocycles. The second-order valence-electron chi connectivity index (χ2n) is 6.60. The highest BCUT2D eigenvalue weighted by molar-refractivity contribution is 5.99. The number of fused-ring (bicyclic) bond motifs is 1. The molecule has 0 aliphatic heterocycles. The summed E-state index contributed by atoms with van der Waals surface area (Å²) in [6.07, 6.45) is 1.63. The summed E-state index contributed by atoms with van der Waals surface area (Å²) in [4.78, 5) is 27.5. The minimum atomic E-state index is -0.318. The summed E-state index contributed by atoms with van der Waals surface area (Å²) in [7, 11) is 0. The molecular formula is C23H18N6O2. The molecule has 0 aliphatic rings. The number of aromatic nitrogens is 3. The topological polar surface area (TPSA) is 100 Å². The number of imidazole rings is 1. The summed E-state index contributed by atoms with van der Waals surface area (Å²) >= 11 is 0. The fourth-order valence-corrected chi connectivity index (χ4v) is 2.78. The predicted octanol–water partition coefficient (Wildman–Crippen LogP) is 3.73. The second kappa shape index (κ2) is 8.80. The third kappa shape index (κ3) is 5.25. The van der Waals surface area contributed by atoms with Gasteiger partial charge in [0.15, 0.2) is 11.5 Å². The van der Waals surface area contributed by atoms with Crippen molar-refractivity contribution >= 4 is 34.8 Å². The quantitative estimate of drug-likeness (QED) is 0.448. The van der Waals surface area contributed by atoms with Crippen LogP contribution in [0.1, 0.15) is 18.2 Å². The molecule has 152 valence electrons. The van der Waals surface area contributed by atoms with Gasteiger partial charge in [0, 0.05) is 23.9 Å². The molecule has 8 nitrogen and oxygen atoms in total. The maximum atomic E-state index is 12.1. The molecule has 0 bridgehead atoms. The number of rotatable bonds is 3. The summed E-state index contributed by atoms with van der Waals surface area (Å²) in [5.74, 6) is 6.28. The number of hydrogen-bond donors (Lipinski definition) is 3. The highest BCUT2D eigenvalue weighted by Gasteiger charge is 2.04. The van der Waals surface area contributed by atoms with Crippen LogP contribution in [0.5, 0.6) is 0 Å². The first-order valence-corrected chi connectivity index (χ1v) is 9.44. The molecule has 0 radical (unpaired) electrons. The maximum absolute atomic E-state index is 12.1. The molecule has 2 aromatic carbocycles. The van der Waals surface area contributed by atoms with Gasteiger partial charge in [-0.15, -0.1) is 0 Å². The number of carbonyl (C=O) groups is 2. The van der Waals surface area contributed by atoms with E-state index in [9.17, 15) is 9.59 Å². The number of carbonyl (C=O) groups excluding carboxylic acids is 2. The van der Waals surface area contributed by atoms with E-state index in [1.807, 2.05) is 42.5 Å². The average molecular weight is 410 g/mol. The van der Waals surface area contributed by atoms with Gasteiger partial charge in [-0.1, -0.05) is 24.1 Å². The SMILES string of the molecule is CC(=O)Nc1cn2nc(C#Cc3ccc(NC(=O)Nc4ccccc4)cc3)ccc2n1. The smallest absolute Gasteiger partial charge is 0.310 e. The normalized spacial score (nSPS) is 10.1. The van der Waals surface area contributed by atoms with Crippen LogP contribution in [0, 0.1) is 11.8 Å². The van der Waals surface area contributed by atoms with E-state index < -0.39 is 0 Å². The number of benzene rings is 2. The Balaban J connectivity index is 1.41. The lowest BCUT2D eigenvalue weighted by atomic mass is 10.2. The molecule has 0 fully saturated rings. The molecule has 0 unspecified atom stereocenters. The first-order chi connectivity index (χ1) is 15.0. The van der Waals surface area contributed by atoms with Crippen LogP contribution in [0.4, 0.5) is 22.0 Å². The Morgan fingerprint density at radius 1 is 0.839 bits per heavy atom. The summed E-state index contributed by atoms with van der Waals surface area (Å²) in [5.41, 5.74) is 3.32. The third-order valence-corrected chi connectivity index (χ3v) is 4.13. The Labute approximate surface area is 178 Å². The second-order valence-corrected chi connectivity index (χ2v) is 6.60. The molecule has 31 heavy (non-hydrogen) atoms. The lowest BCUT2D eigenvalue weighted by Crippen LogP contribution is -2.19. The zero-order chi connectivity index (χ0) is 21.6. The van der Waals surface area contributed by atoms with Crippen LogP contribution >= 0.6 is 0 Å². The monoisotopic (exact) mass is 410 g/mol. The van der Waals surface area contributed by atoms with Gasteiger partial charge in [-0.2, -0.15) is 5.10 Å². The fourth-order valence-electron chi connectivity index (χ4n) is 2.78. The van der Waals surface area contributed by atoms with Crippen molar-refractivity contribution in [3.8, 4) is 11.8 Å². The first kappa shape index (κ1) is 19.7. The Bertz CT molecular complexity index is 1300. The van der Waals surface area contributed by atoms with Gasteiger partial charge < -0.3 is 16.0 Å². The van der Waals surface area contributed by atoms with Crippen LogP contribution in [0.3, 0.4) is 0 Å². The van der Waals surface area contributed by atoms with Crippen molar-refractivity contribution in [1.82, 2.24) is 14.6 Å². The van der Waals surface area contributed by atoms with E-state index in [1.165, 1.54) is 6.92 Å². The number of hydrogen-bond acceptors (Lipinski definition) is 4. The third-order valence-electron chi connectivity index (χ3n) is 4.13. The zero-order valence-corrected chi connectivity index (χ0v) is 16.6. The van der Waals surface area contributed by atoms with Crippen molar-refractivity contribution in [2.75, 3.05) is 16.0 Å². The molecular weight excluding hydrogens is 392 g/mol. The number of urea groups is 1. The van der Waals surface area contributed by atoms with E-state index >= 15 is 0 Å². The van der Waals surface area contributed by atoms with Gasteiger partial charge in [-0.05, 0) is 54.5 Å². The molecule has 2 aromatic heterocycles. The van der Waals surface area contributed by atoms with Crippen molar-refractivity contribution in [2.24, 2.45) is 0 Å². The van der Waals surface area contributed by atoms with E-state index in [2.05, 4.69) is 37.9 Å². The molecule has 0 spiro atoms. The highest BCUT2D eigenvalue weighted by Crippen LogP contribution is 2.12. The van der Waals surface area contributed by atoms with Gasteiger partial charge in [0.2, 0.25) is 5.91 Å². The molecule has 2 heterocycles. The molecule has 4 aromatic rings. The molecule has 3 N–H and O–H groups in total. The van der Waals surface area contributed by atoms with Gasteiger partial charge in [0.05, 0.1) is 6.20 Å². The van der Waals surface area contributed by atoms with Crippen molar-refractivity contribution < 1.29 is 9.59 Å². The summed E-state index contributed by atoms with van der Waals surface area (Å²) < 4.78 is 1.56. The van der Waals surface area contributed by atoms with Gasteiger partial charge in [0.1, 0.15) is 5.69 Å². The largest absolute Gasteiger partial charge is 0.323 e. The van der Waals surface area contributed by atoms with E-state index in [-0.39, 0.29) is 11.9 Å². The van der Waals surface area contributed by atoms with Gasteiger partial charge in [-0.25, -0.2) is 14.3 Å². The van der Waals surface area contributed by atoms with Crippen molar-refractivity contribution in [3.63, 3.8) is 0 Å². The van der Waals surface area contributed by atoms with Gasteiger partial charge in [0.25, 0.3) is 0 Å². The number of nitrogens with zero attached hydrogens (tertiary/aromatic N) is 3. The Morgan fingerprint density at radius 2 is 1.55 bits per heavy atom. The Kier molecular flexibility index (Phi) is 5.58. The van der Waals surface area contributed by atoms with Gasteiger partial charge >= 0.3 is 6.03 Å². The van der Waals surface area contributed by atoms with Crippen LogP contribution in [0.25, 0.3) is 5.65 Å². The Morgan fingerprint density at radius 3 is 2.26 bits per heavy atom. The maximum Gasteiger partial charge on any atom is 0.323 e. The van der Waals surface area contributed by atoms with E-state index in [0.717, 1.165) is 5.56 Å². The molecule has 0 saturated heterocycles. The lowest BCUT2D eigenvalue weighted by molar-refractivity contribution is -0.114. The molecule has 8 heteroatoms. The Hall–Kier alpha value is -4.64. The molecule has 4 rings (SSSR count). The van der Waals surface area contributed by atoms with E-state index in [1.54, 1.807) is 35.0 Å². The minimum absolute atomic E-state index is 0.195. The van der Waals surface area contributed by atoms with E-state index in [4.69, 9.17) is 0 Å².